The Morgan fingerprint density at radius 2 is 2.06 bits per heavy atom. The maximum atomic E-state index is 10.0. The van der Waals surface area contributed by atoms with Gasteiger partial charge < -0.3 is 9.84 Å². The Balaban J connectivity index is 2.41. The molecule has 1 aliphatic carbocycles. The molecule has 16 heavy (non-hydrogen) atoms. The van der Waals surface area contributed by atoms with E-state index in [1.165, 1.54) is 16.7 Å². The predicted molar refractivity (Wildman–Crippen MR) is 68.1 cm³/mol. The van der Waals surface area contributed by atoms with E-state index < -0.39 is 5.60 Å². The van der Waals surface area contributed by atoms with Crippen molar-refractivity contribution in [3.05, 3.63) is 27.2 Å². The lowest BCUT2D eigenvalue weighted by Crippen LogP contribution is -2.13. The van der Waals surface area contributed by atoms with Crippen LogP contribution in [0.25, 0.3) is 0 Å². The van der Waals surface area contributed by atoms with E-state index >= 15 is 0 Å². The van der Waals surface area contributed by atoms with Gasteiger partial charge in [0, 0.05) is 6.42 Å². The van der Waals surface area contributed by atoms with Gasteiger partial charge in [-0.3, -0.25) is 0 Å². The summed E-state index contributed by atoms with van der Waals surface area (Å²) in [6, 6.07) is 2.03. The van der Waals surface area contributed by atoms with Crippen molar-refractivity contribution in [2.45, 2.75) is 38.7 Å². The molecule has 0 atom stereocenters. The summed E-state index contributed by atoms with van der Waals surface area (Å²) in [5.41, 5.74) is 3.17. The van der Waals surface area contributed by atoms with Crippen molar-refractivity contribution < 1.29 is 9.84 Å². The standard InChI is InChI=1S/C13H17BrO2/c1-8-6-11(16-3)12(14)9(2)10(8)7-13(15)4-5-13/h6,15H,4-5,7H2,1-3H3. The number of hydrogen-bond acceptors (Lipinski definition) is 2. The van der Waals surface area contributed by atoms with Crippen molar-refractivity contribution >= 4 is 15.9 Å². The number of halogens is 1. The molecule has 0 aliphatic heterocycles. The third-order valence-electron chi connectivity index (χ3n) is 3.37. The van der Waals surface area contributed by atoms with E-state index in [1.807, 2.05) is 6.07 Å². The molecule has 2 nitrogen and oxygen atoms in total. The van der Waals surface area contributed by atoms with Crippen LogP contribution in [0.3, 0.4) is 0 Å². The molecular weight excluding hydrogens is 268 g/mol. The van der Waals surface area contributed by atoms with E-state index in [0.717, 1.165) is 29.5 Å². The summed E-state index contributed by atoms with van der Waals surface area (Å²) < 4.78 is 6.30. The van der Waals surface area contributed by atoms with Crippen LogP contribution in [0.1, 0.15) is 29.5 Å². The minimum absolute atomic E-state index is 0.441. The Kier molecular flexibility index (Phi) is 3.01. The fraction of sp³-hybridized carbons (Fsp3) is 0.538. The molecule has 2 rings (SSSR count). The van der Waals surface area contributed by atoms with Gasteiger partial charge in [0.2, 0.25) is 0 Å². The van der Waals surface area contributed by atoms with Crippen molar-refractivity contribution in [2.75, 3.05) is 7.11 Å². The summed E-state index contributed by atoms with van der Waals surface area (Å²) >= 11 is 3.55. The van der Waals surface area contributed by atoms with Crippen molar-refractivity contribution in [1.82, 2.24) is 0 Å². The van der Waals surface area contributed by atoms with Gasteiger partial charge in [-0.2, -0.15) is 0 Å². The van der Waals surface area contributed by atoms with Crippen molar-refractivity contribution in [1.29, 1.82) is 0 Å². The van der Waals surface area contributed by atoms with Gasteiger partial charge in [0.05, 0.1) is 17.2 Å². The molecule has 0 radical (unpaired) electrons. The van der Waals surface area contributed by atoms with Gasteiger partial charge in [-0.25, -0.2) is 0 Å². The molecule has 1 fully saturated rings. The molecule has 1 aromatic rings. The van der Waals surface area contributed by atoms with E-state index in [0.29, 0.717) is 0 Å². The van der Waals surface area contributed by atoms with Crippen LogP contribution in [0.4, 0.5) is 0 Å². The molecule has 1 N–H and O–H groups in total. The van der Waals surface area contributed by atoms with E-state index in [1.54, 1.807) is 7.11 Å². The van der Waals surface area contributed by atoms with Crippen LogP contribution in [0.2, 0.25) is 0 Å². The fourth-order valence-corrected chi connectivity index (χ4v) is 2.55. The quantitative estimate of drug-likeness (QED) is 0.924. The van der Waals surface area contributed by atoms with Crippen LogP contribution in [-0.4, -0.2) is 17.8 Å². The lowest BCUT2D eigenvalue weighted by atomic mass is 9.96. The predicted octanol–water partition coefficient (Wildman–Crippen LogP) is 3.14. The van der Waals surface area contributed by atoms with Crippen molar-refractivity contribution in [3.63, 3.8) is 0 Å². The molecule has 0 spiro atoms. The maximum Gasteiger partial charge on any atom is 0.133 e. The second-order valence-corrected chi connectivity index (χ2v) is 5.51. The number of methoxy groups -OCH3 is 1. The Bertz CT molecular complexity index is 422. The van der Waals surface area contributed by atoms with Crippen LogP contribution in [-0.2, 0) is 6.42 Å². The average Bonchev–Trinajstić information content (AvgIpc) is 2.97. The summed E-state index contributed by atoms with van der Waals surface area (Å²) in [6.07, 6.45) is 2.61. The largest absolute Gasteiger partial charge is 0.496 e. The summed E-state index contributed by atoms with van der Waals surface area (Å²) in [5.74, 6) is 0.863. The van der Waals surface area contributed by atoms with Crippen LogP contribution < -0.4 is 4.74 Å². The highest BCUT2D eigenvalue weighted by atomic mass is 79.9. The lowest BCUT2D eigenvalue weighted by Gasteiger charge is -2.17. The highest BCUT2D eigenvalue weighted by molar-refractivity contribution is 9.10. The van der Waals surface area contributed by atoms with Crippen LogP contribution in [0.5, 0.6) is 5.75 Å². The third-order valence-corrected chi connectivity index (χ3v) is 4.36. The van der Waals surface area contributed by atoms with Gasteiger partial charge in [0.25, 0.3) is 0 Å². The molecule has 0 heterocycles. The first-order valence-electron chi connectivity index (χ1n) is 5.52. The molecule has 0 bridgehead atoms. The average molecular weight is 285 g/mol. The molecular formula is C13H17BrO2. The smallest absolute Gasteiger partial charge is 0.133 e. The van der Waals surface area contributed by atoms with E-state index in [9.17, 15) is 5.11 Å². The van der Waals surface area contributed by atoms with Crippen LogP contribution in [0, 0.1) is 13.8 Å². The van der Waals surface area contributed by atoms with Gasteiger partial charge >= 0.3 is 0 Å². The Morgan fingerprint density at radius 1 is 1.44 bits per heavy atom. The van der Waals surface area contributed by atoms with Crippen molar-refractivity contribution in [2.24, 2.45) is 0 Å². The Hall–Kier alpha value is -0.540. The van der Waals surface area contributed by atoms with Gasteiger partial charge in [0.15, 0.2) is 0 Å². The second-order valence-electron chi connectivity index (χ2n) is 4.71. The molecule has 1 aromatic carbocycles. The number of benzene rings is 1. The Labute approximate surface area is 105 Å². The molecule has 0 aromatic heterocycles. The van der Waals surface area contributed by atoms with Gasteiger partial charge in [-0.15, -0.1) is 0 Å². The monoisotopic (exact) mass is 284 g/mol. The number of aliphatic hydroxyl groups is 1. The third kappa shape index (κ3) is 2.11. The zero-order chi connectivity index (χ0) is 11.9. The summed E-state index contributed by atoms with van der Waals surface area (Å²) in [7, 11) is 1.67. The SMILES string of the molecule is COc1cc(C)c(CC2(O)CC2)c(C)c1Br. The number of aryl methyl sites for hydroxylation is 1. The van der Waals surface area contributed by atoms with Crippen LogP contribution in [0.15, 0.2) is 10.5 Å². The fourth-order valence-electron chi connectivity index (χ4n) is 2.03. The minimum atomic E-state index is -0.441. The topological polar surface area (TPSA) is 29.5 Å². The first kappa shape index (κ1) is 11.9. The Morgan fingerprint density at radius 3 is 2.56 bits per heavy atom. The molecule has 1 saturated carbocycles. The van der Waals surface area contributed by atoms with E-state index in [2.05, 4.69) is 29.8 Å². The molecule has 0 amide bonds. The zero-order valence-corrected chi connectivity index (χ0v) is 11.5. The number of ether oxygens (including phenoxy) is 1. The number of hydrogen-bond donors (Lipinski definition) is 1. The van der Waals surface area contributed by atoms with Gasteiger partial charge in [0.1, 0.15) is 5.75 Å². The van der Waals surface area contributed by atoms with Crippen LogP contribution >= 0.6 is 15.9 Å². The second kappa shape index (κ2) is 4.04. The molecule has 3 heteroatoms. The normalized spacial score (nSPS) is 17.3. The molecule has 88 valence electrons. The summed E-state index contributed by atoms with van der Waals surface area (Å²) in [4.78, 5) is 0. The van der Waals surface area contributed by atoms with E-state index in [-0.39, 0.29) is 0 Å². The summed E-state index contributed by atoms with van der Waals surface area (Å²) in [6.45, 7) is 4.14. The van der Waals surface area contributed by atoms with Gasteiger partial charge in [-0.1, -0.05) is 0 Å². The van der Waals surface area contributed by atoms with Crippen molar-refractivity contribution in [3.8, 4) is 5.75 Å². The molecule has 0 unspecified atom stereocenters. The van der Waals surface area contributed by atoms with E-state index in [4.69, 9.17) is 4.74 Å². The summed E-state index contributed by atoms with van der Waals surface area (Å²) in [5, 5.41) is 10.0. The first-order valence-corrected chi connectivity index (χ1v) is 6.31. The highest BCUT2D eigenvalue weighted by Crippen LogP contribution is 2.42. The molecule has 0 saturated heterocycles. The van der Waals surface area contributed by atoms with Gasteiger partial charge in [-0.05, 0) is 65.4 Å². The maximum absolute atomic E-state index is 10.0. The highest BCUT2D eigenvalue weighted by Gasteiger charge is 2.41. The molecule has 1 aliphatic rings. The zero-order valence-electron chi connectivity index (χ0n) is 9.93. The number of rotatable bonds is 3. The minimum Gasteiger partial charge on any atom is -0.496 e. The lowest BCUT2D eigenvalue weighted by molar-refractivity contribution is 0.150. The first-order chi connectivity index (χ1) is 7.47.